The number of amides is 1. The Morgan fingerprint density at radius 2 is 2.16 bits per heavy atom. The number of aromatic nitrogens is 4. The van der Waals surface area contributed by atoms with Crippen LogP contribution in [0.2, 0.25) is 0 Å². The lowest BCUT2D eigenvalue weighted by molar-refractivity contribution is 0.0974. The molecule has 1 heterocycles. The first kappa shape index (κ1) is 19.7. The molecular formula is C14H16Br2N6O2S. The van der Waals surface area contributed by atoms with Crippen LogP contribution in [0, 0.1) is 0 Å². The van der Waals surface area contributed by atoms with Crippen LogP contribution in [-0.4, -0.2) is 38.3 Å². The van der Waals surface area contributed by atoms with Gasteiger partial charge >= 0.3 is 0 Å². The fourth-order valence-corrected chi connectivity index (χ4v) is 3.50. The van der Waals surface area contributed by atoms with Gasteiger partial charge in [-0.2, -0.15) is 4.80 Å². The topological polar surface area (TPSA) is 94.0 Å². The maximum atomic E-state index is 12.5. The molecule has 2 N–H and O–H groups in total. The summed E-state index contributed by atoms with van der Waals surface area (Å²) < 4.78 is 6.64. The largest absolute Gasteiger partial charge is 0.495 e. The Morgan fingerprint density at radius 1 is 1.40 bits per heavy atom. The Labute approximate surface area is 166 Å². The van der Waals surface area contributed by atoms with Gasteiger partial charge < -0.3 is 4.74 Å². The molecule has 0 aliphatic carbocycles. The Hall–Kier alpha value is -1.59. The van der Waals surface area contributed by atoms with E-state index in [1.165, 1.54) is 11.9 Å². The highest BCUT2D eigenvalue weighted by Gasteiger charge is 2.18. The third kappa shape index (κ3) is 5.44. The van der Waals surface area contributed by atoms with Gasteiger partial charge in [-0.1, -0.05) is 34.4 Å². The number of aryl methyl sites for hydroxylation is 1. The zero-order valence-electron chi connectivity index (χ0n) is 13.5. The number of anilines is 1. The second-order valence-corrected chi connectivity index (χ2v) is 7.12. The van der Waals surface area contributed by atoms with E-state index in [0.717, 1.165) is 17.3 Å². The zero-order valence-corrected chi connectivity index (χ0v) is 17.5. The van der Waals surface area contributed by atoms with Gasteiger partial charge in [0.25, 0.3) is 11.9 Å². The van der Waals surface area contributed by atoms with Gasteiger partial charge in [0.2, 0.25) is 0 Å². The summed E-state index contributed by atoms with van der Waals surface area (Å²) in [5, 5.41) is 17.3. The molecule has 0 radical (unpaired) electrons. The molecule has 0 aliphatic rings. The van der Waals surface area contributed by atoms with E-state index in [0.29, 0.717) is 22.3 Å². The Balaban J connectivity index is 2.03. The molecule has 134 valence electrons. The zero-order chi connectivity index (χ0) is 18.4. The summed E-state index contributed by atoms with van der Waals surface area (Å²) >= 11 is 11.8. The second-order valence-electron chi connectivity index (χ2n) is 4.94. The number of unbranched alkanes of at least 4 members (excludes halogenated alkanes) is 1. The summed E-state index contributed by atoms with van der Waals surface area (Å²) in [7, 11) is 1.49. The van der Waals surface area contributed by atoms with E-state index in [9.17, 15) is 4.79 Å². The smallest absolute Gasteiger partial charge is 0.269 e. The quantitative estimate of drug-likeness (QED) is 0.599. The number of nitrogens with zero attached hydrogens (tertiary/aromatic N) is 4. The van der Waals surface area contributed by atoms with Gasteiger partial charge in [0.1, 0.15) is 5.75 Å². The van der Waals surface area contributed by atoms with Crippen molar-refractivity contribution in [1.82, 2.24) is 25.5 Å². The van der Waals surface area contributed by atoms with Crippen LogP contribution in [0.25, 0.3) is 0 Å². The number of halogens is 2. The molecule has 1 aromatic heterocycles. The number of thiocarbonyl (C=S) groups is 1. The molecule has 0 spiro atoms. The first-order valence-electron chi connectivity index (χ1n) is 7.37. The van der Waals surface area contributed by atoms with Crippen molar-refractivity contribution in [1.29, 1.82) is 0 Å². The van der Waals surface area contributed by atoms with Crippen molar-refractivity contribution < 1.29 is 9.53 Å². The number of carbonyl (C=O) groups is 1. The predicted octanol–water partition coefficient (Wildman–Crippen LogP) is 3.13. The van der Waals surface area contributed by atoms with Gasteiger partial charge in [-0.05, 0) is 51.9 Å². The van der Waals surface area contributed by atoms with Crippen LogP contribution in [0.4, 0.5) is 5.95 Å². The van der Waals surface area contributed by atoms with Gasteiger partial charge in [-0.3, -0.25) is 15.4 Å². The van der Waals surface area contributed by atoms with Crippen LogP contribution in [0.3, 0.4) is 0 Å². The normalized spacial score (nSPS) is 10.4. The van der Waals surface area contributed by atoms with Crippen molar-refractivity contribution >= 4 is 61.0 Å². The second kappa shape index (κ2) is 9.20. The molecule has 1 amide bonds. The third-order valence-electron chi connectivity index (χ3n) is 3.07. The first-order chi connectivity index (χ1) is 11.9. The third-order valence-corrected chi connectivity index (χ3v) is 4.33. The standard InChI is InChI=1S/C14H16Br2N6O2S/c1-3-4-5-22-20-13(19-21-22)18-14(25)17-12(23)9-6-8(15)7-10(16)11(9)24-2/h6-7H,3-5H2,1-2H3,(H2,17,18,20,23,25). The van der Waals surface area contributed by atoms with Crippen LogP contribution in [0.1, 0.15) is 30.1 Å². The molecule has 2 rings (SSSR count). The van der Waals surface area contributed by atoms with Crippen molar-refractivity contribution in [3.05, 3.63) is 26.6 Å². The molecule has 0 saturated carbocycles. The Kier molecular flexibility index (Phi) is 7.26. The van der Waals surface area contributed by atoms with E-state index in [4.69, 9.17) is 17.0 Å². The molecule has 11 heteroatoms. The first-order valence-corrected chi connectivity index (χ1v) is 9.37. The number of ether oxygens (including phenoxy) is 1. The summed E-state index contributed by atoms with van der Waals surface area (Å²) in [5.74, 6) is 0.214. The number of hydrogen-bond donors (Lipinski definition) is 2. The molecule has 1 aromatic carbocycles. The molecule has 0 saturated heterocycles. The van der Waals surface area contributed by atoms with Crippen molar-refractivity contribution in [3.63, 3.8) is 0 Å². The SMILES string of the molecule is CCCCn1nnc(NC(=S)NC(=O)c2cc(Br)cc(Br)c2OC)n1. The van der Waals surface area contributed by atoms with Crippen molar-refractivity contribution in [2.24, 2.45) is 0 Å². The molecule has 0 fully saturated rings. The lowest BCUT2D eigenvalue weighted by atomic mass is 10.2. The number of benzene rings is 1. The van der Waals surface area contributed by atoms with Crippen molar-refractivity contribution in [2.75, 3.05) is 12.4 Å². The number of tetrazole rings is 1. The highest BCUT2D eigenvalue weighted by atomic mass is 79.9. The molecule has 8 nitrogen and oxygen atoms in total. The van der Waals surface area contributed by atoms with Crippen LogP contribution < -0.4 is 15.4 Å². The number of nitrogens with one attached hydrogen (secondary N) is 2. The van der Waals surface area contributed by atoms with Gasteiger partial charge in [0, 0.05) is 4.47 Å². The van der Waals surface area contributed by atoms with Gasteiger partial charge in [0.15, 0.2) is 5.11 Å². The van der Waals surface area contributed by atoms with Gasteiger partial charge in [-0.25, -0.2) is 0 Å². The maximum Gasteiger partial charge on any atom is 0.269 e. The molecule has 0 bridgehead atoms. The van der Waals surface area contributed by atoms with Gasteiger partial charge in [-0.15, -0.1) is 5.10 Å². The summed E-state index contributed by atoms with van der Waals surface area (Å²) in [5.41, 5.74) is 0.326. The summed E-state index contributed by atoms with van der Waals surface area (Å²) in [6.07, 6.45) is 1.98. The van der Waals surface area contributed by atoms with E-state index in [2.05, 4.69) is 64.8 Å². The monoisotopic (exact) mass is 490 g/mol. The molecular weight excluding hydrogens is 476 g/mol. The minimum absolute atomic E-state index is 0.0678. The lowest BCUT2D eigenvalue weighted by Crippen LogP contribution is -2.34. The predicted molar refractivity (Wildman–Crippen MR) is 105 cm³/mol. The molecule has 2 aromatic rings. The van der Waals surface area contributed by atoms with E-state index in [1.807, 2.05) is 0 Å². The van der Waals surface area contributed by atoms with Crippen LogP contribution in [0.5, 0.6) is 5.75 Å². The Bertz CT molecular complexity index is 783. The summed E-state index contributed by atoms with van der Waals surface area (Å²) in [6, 6.07) is 3.42. The average Bonchev–Trinajstić information content (AvgIpc) is 2.99. The summed E-state index contributed by atoms with van der Waals surface area (Å²) in [4.78, 5) is 13.9. The van der Waals surface area contributed by atoms with E-state index >= 15 is 0 Å². The van der Waals surface area contributed by atoms with E-state index < -0.39 is 5.91 Å². The number of hydrogen-bond acceptors (Lipinski definition) is 6. The summed E-state index contributed by atoms with van der Waals surface area (Å²) in [6.45, 7) is 2.75. The van der Waals surface area contributed by atoms with Crippen molar-refractivity contribution in [2.45, 2.75) is 26.3 Å². The van der Waals surface area contributed by atoms with Crippen LogP contribution >= 0.6 is 44.1 Å². The minimum atomic E-state index is -0.422. The van der Waals surface area contributed by atoms with E-state index in [-0.39, 0.29) is 11.1 Å². The maximum absolute atomic E-state index is 12.5. The minimum Gasteiger partial charge on any atom is -0.495 e. The molecule has 0 atom stereocenters. The Morgan fingerprint density at radius 3 is 2.84 bits per heavy atom. The van der Waals surface area contributed by atoms with E-state index in [1.54, 1.807) is 12.1 Å². The number of methoxy groups -OCH3 is 1. The van der Waals surface area contributed by atoms with Crippen LogP contribution in [0.15, 0.2) is 21.1 Å². The van der Waals surface area contributed by atoms with Crippen LogP contribution in [-0.2, 0) is 6.54 Å². The highest BCUT2D eigenvalue weighted by molar-refractivity contribution is 9.11. The molecule has 0 unspecified atom stereocenters. The molecule has 0 aliphatic heterocycles. The lowest BCUT2D eigenvalue weighted by Gasteiger charge is -2.12. The van der Waals surface area contributed by atoms with Gasteiger partial charge in [0.05, 0.1) is 23.7 Å². The fraction of sp³-hybridized carbons (Fsp3) is 0.357. The van der Waals surface area contributed by atoms with Crippen molar-refractivity contribution in [3.8, 4) is 5.75 Å². The fourth-order valence-electron chi connectivity index (χ4n) is 1.93. The number of carbonyl (C=O) groups excluding carboxylic acids is 1. The molecule has 25 heavy (non-hydrogen) atoms. The highest BCUT2D eigenvalue weighted by Crippen LogP contribution is 2.32. The number of rotatable bonds is 6. The average molecular weight is 492 g/mol.